The SMILES string of the molecule is COc1ccc2nc(-c3cc(OC)c(OC)c(OC)c3)cc(C(=O)N[C@H](CO)Cc3c[nH]c4ccc(F)cc34)c2c1. The Morgan fingerprint density at radius 2 is 1.71 bits per heavy atom. The number of pyridine rings is 1. The lowest BCUT2D eigenvalue weighted by Crippen LogP contribution is -2.39. The zero-order valence-corrected chi connectivity index (χ0v) is 23.1. The summed E-state index contributed by atoms with van der Waals surface area (Å²) in [6.45, 7) is -0.320. The van der Waals surface area contributed by atoms with Gasteiger partial charge in [0.25, 0.3) is 5.91 Å². The van der Waals surface area contributed by atoms with Crippen molar-refractivity contribution < 1.29 is 33.2 Å². The Labute approximate surface area is 235 Å². The Morgan fingerprint density at radius 3 is 2.37 bits per heavy atom. The van der Waals surface area contributed by atoms with Gasteiger partial charge < -0.3 is 34.4 Å². The summed E-state index contributed by atoms with van der Waals surface area (Å²) in [5.74, 6) is 1.11. The molecule has 1 amide bonds. The molecule has 0 radical (unpaired) electrons. The number of fused-ring (bicyclic) bond motifs is 2. The van der Waals surface area contributed by atoms with Gasteiger partial charge in [-0.05, 0) is 66.6 Å². The number of hydrogen-bond acceptors (Lipinski definition) is 7. The number of rotatable bonds is 10. The van der Waals surface area contributed by atoms with Crippen molar-refractivity contribution in [3.8, 4) is 34.3 Å². The molecule has 0 aliphatic carbocycles. The Hall–Kier alpha value is -4.83. The number of aliphatic hydroxyl groups excluding tert-OH is 1. The lowest BCUT2D eigenvalue weighted by molar-refractivity contribution is 0.0918. The largest absolute Gasteiger partial charge is 0.497 e. The third-order valence-corrected chi connectivity index (χ3v) is 6.97. The van der Waals surface area contributed by atoms with Crippen LogP contribution >= 0.6 is 0 Å². The number of aliphatic hydroxyl groups is 1. The standard InChI is InChI=1S/C31H30FN3O6/c1-38-21-6-8-26-23(13-21)24(14-27(35-26)17-10-28(39-2)30(41-4)29(11-17)40-3)31(37)34-20(16-36)9-18-15-33-25-7-5-19(32)12-22(18)25/h5-8,10-15,20,33,36H,9,16H2,1-4H3,(H,34,37)/t20-/m0/s1. The van der Waals surface area contributed by atoms with Crippen molar-refractivity contribution in [1.82, 2.24) is 15.3 Å². The van der Waals surface area contributed by atoms with Gasteiger partial charge >= 0.3 is 0 Å². The summed E-state index contributed by atoms with van der Waals surface area (Å²) in [7, 11) is 6.12. The second-order valence-electron chi connectivity index (χ2n) is 9.41. The van der Waals surface area contributed by atoms with Gasteiger partial charge in [0.15, 0.2) is 11.5 Å². The average Bonchev–Trinajstić information content (AvgIpc) is 3.40. The minimum atomic E-state index is -0.636. The van der Waals surface area contributed by atoms with Gasteiger partial charge in [0, 0.05) is 28.0 Å². The number of nitrogens with zero attached hydrogens (tertiary/aromatic N) is 1. The van der Waals surface area contributed by atoms with Crippen LogP contribution in [0, 0.1) is 5.82 Å². The van der Waals surface area contributed by atoms with E-state index in [0.29, 0.717) is 56.1 Å². The lowest BCUT2D eigenvalue weighted by atomic mass is 10.0. The average molecular weight is 560 g/mol. The van der Waals surface area contributed by atoms with Crippen molar-refractivity contribution in [3.63, 3.8) is 0 Å². The van der Waals surface area contributed by atoms with E-state index in [1.54, 1.807) is 55.8 Å². The molecule has 0 spiro atoms. The highest BCUT2D eigenvalue weighted by atomic mass is 19.1. The van der Waals surface area contributed by atoms with Crippen LogP contribution in [0.15, 0.2) is 60.8 Å². The maximum atomic E-state index is 13.9. The number of methoxy groups -OCH3 is 4. The van der Waals surface area contributed by atoms with Crippen LogP contribution in [-0.4, -0.2) is 62.1 Å². The fourth-order valence-corrected chi connectivity index (χ4v) is 4.91. The molecule has 2 aromatic heterocycles. The molecule has 2 heterocycles. The molecule has 212 valence electrons. The number of ether oxygens (including phenoxy) is 4. The van der Waals surface area contributed by atoms with E-state index in [2.05, 4.69) is 10.3 Å². The molecule has 10 heteroatoms. The van der Waals surface area contributed by atoms with Crippen LogP contribution < -0.4 is 24.3 Å². The summed E-state index contributed by atoms with van der Waals surface area (Å²) in [6.07, 6.45) is 2.05. The zero-order chi connectivity index (χ0) is 29.1. The number of carbonyl (C=O) groups is 1. The third-order valence-electron chi connectivity index (χ3n) is 6.97. The molecule has 0 aliphatic heterocycles. The number of benzene rings is 3. The summed E-state index contributed by atoms with van der Waals surface area (Å²) in [4.78, 5) is 21.7. The number of carbonyl (C=O) groups excluding carboxylic acids is 1. The predicted octanol–water partition coefficient (Wildman–Crippen LogP) is 4.89. The van der Waals surface area contributed by atoms with Crippen LogP contribution in [0.2, 0.25) is 0 Å². The number of H-pyrrole nitrogens is 1. The molecule has 1 atom stereocenters. The molecule has 5 rings (SSSR count). The van der Waals surface area contributed by atoms with Crippen molar-refractivity contribution in [2.24, 2.45) is 0 Å². The first-order chi connectivity index (χ1) is 19.9. The Bertz CT molecular complexity index is 1710. The minimum absolute atomic E-state index is 0.289. The topological polar surface area (TPSA) is 115 Å². The fraction of sp³-hybridized carbons (Fsp3) is 0.226. The number of nitrogens with one attached hydrogen (secondary N) is 2. The van der Waals surface area contributed by atoms with Crippen molar-refractivity contribution in [1.29, 1.82) is 0 Å². The van der Waals surface area contributed by atoms with E-state index >= 15 is 0 Å². The van der Waals surface area contributed by atoms with Crippen molar-refractivity contribution in [2.75, 3.05) is 35.0 Å². The molecule has 9 nitrogen and oxygen atoms in total. The highest BCUT2D eigenvalue weighted by Gasteiger charge is 2.21. The fourth-order valence-electron chi connectivity index (χ4n) is 4.91. The molecule has 3 aromatic carbocycles. The van der Waals surface area contributed by atoms with Crippen LogP contribution in [0.1, 0.15) is 15.9 Å². The maximum absolute atomic E-state index is 13.9. The molecular formula is C31H30FN3O6. The smallest absolute Gasteiger partial charge is 0.252 e. The normalized spacial score (nSPS) is 11.9. The summed E-state index contributed by atoms with van der Waals surface area (Å²) < 4.78 is 35.8. The molecule has 5 aromatic rings. The number of aromatic nitrogens is 2. The predicted molar refractivity (Wildman–Crippen MR) is 154 cm³/mol. The van der Waals surface area contributed by atoms with Crippen molar-refractivity contribution in [3.05, 3.63) is 77.7 Å². The van der Waals surface area contributed by atoms with Gasteiger partial charge in [0.1, 0.15) is 11.6 Å². The summed E-state index contributed by atoms with van der Waals surface area (Å²) in [5, 5.41) is 14.4. The van der Waals surface area contributed by atoms with E-state index in [1.165, 1.54) is 33.5 Å². The van der Waals surface area contributed by atoms with Crippen LogP contribution in [0.25, 0.3) is 33.1 Å². The Balaban J connectivity index is 1.55. The molecule has 0 fully saturated rings. The van der Waals surface area contributed by atoms with Crippen LogP contribution in [-0.2, 0) is 6.42 Å². The molecule has 0 bridgehead atoms. The Kier molecular flexibility index (Phi) is 7.93. The highest BCUT2D eigenvalue weighted by molar-refractivity contribution is 6.07. The number of amides is 1. The van der Waals surface area contributed by atoms with E-state index in [1.807, 2.05) is 0 Å². The molecule has 0 saturated heterocycles. The minimum Gasteiger partial charge on any atom is -0.497 e. The summed E-state index contributed by atoms with van der Waals surface area (Å²) in [5.41, 5.74) is 3.59. The molecular weight excluding hydrogens is 529 g/mol. The second kappa shape index (κ2) is 11.7. The number of halogens is 1. The number of aromatic amines is 1. The lowest BCUT2D eigenvalue weighted by Gasteiger charge is -2.18. The van der Waals surface area contributed by atoms with E-state index in [0.717, 1.165) is 11.1 Å². The van der Waals surface area contributed by atoms with Crippen LogP contribution in [0.4, 0.5) is 4.39 Å². The first-order valence-electron chi connectivity index (χ1n) is 12.9. The third kappa shape index (κ3) is 5.46. The summed E-state index contributed by atoms with van der Waals surface area (Å²) in [6, 6.07) is 14.3. The monoisotopic (exact) mass is 559 g/mol. The van der Waals surface area contributed by atoms with Gasteiger partial charge in [-0.1, -0.05) is 0 Å². The maximum Gasteiger partial charge on any atom is 0.252 e. The zero-order valence-electron chi connectivity index (χ0n) is 23.1. The van der Waals surface area contributed by atoms with E-state index < -0.39 is 11.9 Å². The van der Waals surface area contributed by atoms with Gasteiger partial charge in [0.05, 0.1) is 57.9 Å². The van der Waals surface area contributed by atoms with Gasteiger partial charge in [-0.15, -0.1) is 0 Å². The first kappa shape index (κ1) is 27.7. The second-order valence-corrected chi connectivity index (χ2v) is 9.41. The van der Waals surface area contributed by atoms with Gasteiger partial charge in [-0.2, -0.15) is 0 Å². The van der Waals surface area contributed by atoms with E-state index in [-0.39, 0.29) is 18.8 Å². The molecule has 41 heavy (non-hydrogen) atoms. The van der Waals surface area contributed by atoms with Gasteiger partial charge in [-0.3, -0.25) is 4.79 Å². The van der Waals surface area contributed by atoms with E-state index in [4.69, 9.17) is 23.9 Å². The van der Waals surface area contributed by atoms with Gasteiger partial charge in [0.2, 0.25) is 5.75 Å². The van der Waals surface area contributed by atoms with Crippen LogP contribution in [0.5, 0.6) is 23.0 Å². The van der Waals surface area contributed by atoms with Crippen molar-refractivity contribution in [2.45, 2.75) is 12.5 Å². The molecule has 0 saturated carbocycles. The Morgan fingerprint density at radius 1 is 0.951 bits per heavy atom. The van der Waals surface area contributed by atoms with E-state index in [9.17, 15) is 14.3 Å². The summed E-state index contributed by atoms with van der Waals surface area (Å²) >= 11 is 0. The van der Waals surface area contributed by atoms with Crippen LogP contribution in [0.3, 0.4) is 0 Å². The highest BCUT2D eigenvalue weighted by Crippen LogP contribution is 2.41. The van der Waals surface area contributed by atoms with Gasteiger partial charge in [-0.25, -0.2) is 9.37 Å². The molecule has 0 unspecified atom stereocenters. The first-order valence-corrected chi connectivity index (χ1v) is 12.9. The molecule has 3 N–H and O–H groups in total. The quantitative estimate of drug-likeness (QED) is 0.223. The molecule has 0 aliphatic rings. The van der Waals surface area contributed by atoms with Crippen molar-refractivity contribution >= 4 is 27.7 Å². The number of hydrogen-bond donors (Lipinski definition) is 3.